The molecule has 1 heterocycles. The number of carbonyl (C=O) groups is 1. The van der Waals surface area contributed by atoms with E-state index in [-0.39, 0.29) is 5.69 Å². The molecule has 0 saturated carbocycles. The van der Waals surface area contributed by atoms with Gasteiger partial charge in [0.1, 0.15) is 0 Å². The van der Waals surface area contributed by atoms with Crippen LogP contribution in [0.5, 0.6) is 0 Å². The Morgan fingerprint density at radius 1 is 1.47 bits per heavy atom. The van der Waals surface area contributed by atoms with Gasteiger partial charge in [-0.15, -0.1) is 0 Å². The van der Waals surface area contributed by atoms with E-state index in [1.54, 1.807) is 19.1 Å². The number of nitrogens with zero attached hydrogens (tertiary/aromatic N) is 2. The molecule has 1 N–H and O–H groups in total. The minimum atomic E-state index is -0.449. The van der Waals surface area contributed by atoms with Gasteiger partial charge in [0.2, 0.25) is 0 Å². The molecule has 86 valence electrons. The molecular formula is C11H9N3O3. The van der Waals surface area contributed by atoms with Gasteiger partial charge in [0, 0.05) is 17.2 Å². The molecule has 0 unspecified atom stereocenters. The van der Waals surface area contributed by atoms with E-state index in [9.17, 15) is 14.9 Å². The van der Waals surface area contributed by atoms with Crippen LogP contribution in [0.2, 0.25) is 0 Å². The number of aldehydes is 1. The van der Waals surface area contributed by atoms with E-state index in [0.717, 1.165) is 0 Å². The quantitative estimate of drug-likeness (QED) is 0.497. The van der Waals surface area contributed by atoms with Gasteiger partial charge in [-0.2, -0.15) is 5.10 Å². The summed E-state index contributed by atoms with van der Waals surface area (Å²) in [6.07, 6.45) is 2.05. The Morgan fingerprint density at radius 3 is 2.88 bits per heavy atom. The highest BCUT2D eigenvalue weighted by Crippen LogP contribution is 2.29. The van der Waals surface area contributed by atoms with E-state index in [4.69, 9.17) is 0 Å². The van der Waals surface area contributed by atoms with Crippen molar-refractivity contribution in [2.75, 3.05) is 0 Å². The molecular weight excluding hydrogens is 222 g/mol. The summed E-state index contributed by atoms with van der Waals surface area (Å²) in [7, 11) is 0. The minimum Gasteiger partial charge on any atom is -0.298 e. The van der Waals surface area contributed by atoms with Gasteiger partial charge < -0.3 is 0 Å². The predicted octanol–water partition coefficient (Wildman–Crippen LogP) is 2.11. The maximum Gasteiger partial charge on any atom is 0.272 e. The third-order valence-corrected chi connectivity index (χ3v) is 2.57. The van der Waals surface area contributed by atoms with Crippen molar-refractivity contribution in [3.05, 3.63) is 45.6 Å². The van der Waals surface area contributed by atoms with E-state index in [1.165, 1.54) is 12.3 Å². The van der Waals surface area contributed by atoms with E-state index >= 15 is 0 Å². The maximum absolute atomic E-state index is 10.8. The second kappa shape index (κ2) is 4.17. The highest BCUT2D eigenvalue weighted by molar-refractivity contribution is 5.86. The van der Waals surface area contributed by atoms with Crippen molar-refractivity contribution in [1.29, 1.82) is 0 Å². The average molecular weight is 231 g/mol. The molecule has 17 heavy (non-hydrogen) atoms. The first-order valence-corrected chi connectivity index (χ1v) is 4.88. The predicted molar refractivity (Wildman–Crippen MR) is 60.8 cm³/mol. The zero-order valence-electron chi connectivity index (χ0n) is 9.01. The standard InChI is InChI=1S/C11H9N3O3/c1-7-9(3-2-4-10(7)14(16)17)11-8(6-15)5-12-13-11/h2-6H,1H3,(H,12,13). The van der Waals surface area contributed by atoms with Crippen LogP contribution in [-0.4, -0.2) is 21.4 Å². The summed E-state index contributed by atoms with van der Waals surface area (Å²) >= 11 is 0. The van der Waals surface area contributed by atoms with Crippen LogP contribution in [0, 0.1) is 17.0 Å². The molecule has 2 rings (SSSR count). The van der Waals surface area contributed by atoms with E-state index < -0.39 is 4.92 Å². The zero-order chi connectivity index (χ0) is 12.4. The first-order chi connectivity index (χ1) is 8.15. The first-order valence-electron chi connectivity index (χ1n) is 4.88. The number of hydrogen-bond donors (Lipinski definition) is 1. The Bertz CT molecular complexity index is 589. The smallest absolute Gasteiger partial charge is 0.272 e. The highest BCUT2D eigenvalue weighted by Gasteiger charge is 2.17. The molecule has 0 aliphatic carbocycles. The molecule has 0 spiro atoms. The van der Waals surface area contributed by atoms with Crippen LogP contribution in [0.3, 0.4) is 0 Å². The van der Waals surface area contributed by atoms with Crippen LogP contribution in [0.25, 0.3) is 11.3 Å². The van der Waals surface area contributed by atoms with Gasteiger partial charge in [0.05, 0.1) is 22.4 Å². The van der Waals surface area contributed by atoms with Crippen molar-refractivity contribution in [2.45, 2.75) is 6.92 Å². The van der Waals surface area contributed by atoms with E-state index in [2.05, 4.69) is 10.2 Å². The van der Waals surface area contributed by atoms with Crippen LogP contribution < -0.4 is 0 Å². The second-order valence-electron chi connectivity index (χ2n) is 3.53. The summed E-state index contributed by atoms with van der Waals surface area (Å²) in [6, 6.07) is 4.72. The van der Waals surface area contributed by atoms with Crippen LogP contribution in [0.15, 0.2) is 24.4 Å². The van der Waals surface area contributed by atoms with Crippen LogP contribution in [0.1, 0.15) is 15.9 Å². The summed E-state index contributed by atoms with van der Waals surface area (Å²) in [6.45, 7) is 1.64. The molecule has 0 fully saturated rings. The van der Waals surface area contributed by atoms with Gasteiger partial charge >= 0.3 is 0 Å². The molecule has 0 saturated heterocycles. The largest absolute Gasteiger partial charge is 0.298 e. The molecule has 2 aromatic rings. The number of H-pyrrole nitrogens is 1. The number of nitro groups is 1. The fraction of sp³-hybridized carbons (Fsp3) is 0.0909. The van der Waals surface area contributed by atoms with Crippen LogP contribution in [0.4, 0.5) is 5.69 Å². The van der Waals surface area contributed by atoms with Crippen molar-refractivity contribution in [2.24, 2.45) is 0 Å². The molecule has 1 aromatic heterocycles. The van der Waals surface area contributed by atoms with Gasteiger partial charge in [-0.1, -0.05) is 12.1 Å². The SMILES string of the molecule is Cc1c(-c2[nH]ncc2C=O)cccc1[N+](=O)[O-]. The Labute approximate surface area is 96.4 Å². The van der Waals surface area contributed by atoms with Gasteiger partial charge in [-0.3, -0.25) is 20.0 Å². The topological polar surface area (TPSA) is 88.9 Å². The summed E-state index contributed by atoms with van der Waals surface area (Å²) in [5, 5.41) is 17.2. The number of benzene rings is 1. The lowest BCUT2D eigenvalue weighted by Gasteiger charge is -2.04. The molecule has 0 radical (unpaired) electrons. The number of nitro benzene ring substituents is 1. The summed E-state index contributed by atoms with van der Waals surface area (Å²) < 4.78 is 0. The summed E-state index contributed by atoms with van der Waals surface area (Å²) in [5.74, 6) is 0. The van der Waals surface area contributed by atoms with Crippen molar-refractivity contribution < 1.29 is 9.72 Å². The number of aromatic nitrogens is 2. The normalized spacial score (nSPS) is 10.2. The first kappa shape index (κ1) is 11.0. The Balaban J connectivity index is 2.64. The second-order valence-corrected chi connectivity index (χ2v) is 3.53. The van der Waals surface area contributed by atoms with Crippen molar-refractivity contribution in [1.82, 2.24) is 10.2 Å². The number of carbonyl (C=O) groups excluding carboxylic acids is 1. The van der Waals surface area contributed by atoms with Crippen LogP contribution >= 0.6 is 0 Å². The fourth-order valence-electron chi connectivity index (χ4n) is 1.69. The molecule has 1 aromatic carbocycles. The molecule has 6 nitrogen and oxygen atoms in total. The lowest BCUT2D eigenvalue weighted by molar-refractivity contribution is -0.385. The monoisotopic (exact) mass is 231 g/mol. The Hall–Kier alpha value is -2.50. The van der Waals surface area contributed by atoms with Gasteiger partial charge in [0.25, 0.3) is 5.69 Å². The van der Waals surface area contributed by atoms with Gasteiger partial charge in [-0.05, 0) is 6.92 Å². The van der Waals surface area contributed by atoms with Crippen molar-refractivity contribution >= 4 is 12.0 Å². The molecule has 0 aliphatic heterocycles. The van der Waals surface area contributed by atoms with Crippen molar-refractivity contribution in [3.8, 4) is 11.3 Å². The summed E-state index contributed by atoms with van der Waals surface area (Å²) in [5.41, 5.74) is 2.02. The Kier molecular flexibility index (Phi) is 2.70. The number of nitrogens with one attached hydrogen (secondary N) is 1. The average Bonchev–Trinajstić information content (AvgIpc) is 2.76. The lowest BCUT2D eigenvalue weighted by Crippen LogP contribution is -1.95. The minimum absolute atomic E-state index is 0.0222. The van der Waals surface area contributed by atoms with Gasteiger partial charge in [-0.25, -0.2) is 0 Å². The zero-order valence-corrected chi connectivity index (χ0v) is 9.01. The molecule has 0 aliphatic rings. The fourth-order valence-corrected chi connectivity index (χ4v) is 1.69. The highest BCUT2D eigenvalue weighted by atomic mass is 16.6. The van der Waals surface area contributed by atoms with Gasteiger partial charge in [0.15, 0.2) is 6.29 Å². The summed E-state index contributed by atoms with van der Waals surface area (Å²) in [4.78, 5) is 21.2. The molecule has 0 atom stereocenters. The molecule has 0 bridgehead atoms. The Morgan fingerprint density at radius 2 is 2.24 bits per heavy atom. The van der Waals surface area contributed by atoms with E-state index in [0.29, 0.717) is 28.7 Å². The van der Waals surface area contributed by atoms with Crippen LogP contribution in [-0.2, 0) is 0 Å². The third-order valence-electron chi connectivity index (χ3n) is 2.57. The molecule has 0 amide bonds. The molecule has 6 heteroatoms. The number of rotatable bonds is 3. The van der Waals surface area contributed by atoms with Crippen molar-refractivity contribution in [3.63, 3.8) is 0 Å². The number of hydrogen-bond acceptors (Lipinski definition) is 4. The van der Waals surface area contributed by atoms with E-state index in [1.807, 2.05) is 0 Å². The number of aromatic amines is 1. The third kappa shape index (κ3) is 1.80. The lowest BCUT2D eigenvalue weighted by atomic mass is 10.0. The maximum atomic E-state index is 10.8.